The van der Waals surface area contributed by atoms with Gasteiger partial charge in [-0.15, -0.1) is 10.2 Å². The molecule has 1 amide bonds. The zero-order chi connectivity index (χ0) is 16.9. The Morgan fingerprint density at radius 3 is 2.57 bits per heavy atom. The predicted octanol–water partition coefficient (Wildman–Crippen LogP) is 1.74. The summed E-state index contributed by atoms with van der Waals surface area (Å²) in [6.45, 7) is 3.16. The van der Waals surface area contributed by atoms with Gasteiger partial charge in [0.1, 0.15) is 5.54 Å². The first kappa shape index (κ1) is 16.7. The van der Waals surface area contributed by atoms with Gasteiger partial charge in [-0.25, -0.2) is 4.79 Å². The van der Waals surface area contributed by atoms with Crippen LogP contribution in [0.5, 0.6) is 0 Å². The average Bonchev–Trinajstić information content (AvgIpc) is 3.01. The molecule has 0 aliphatic heterocycles. The molecule has 7 heteroatoms. The molecule has 2 rings (SSSR count). The van der Waals surface area contributed by atoms with Gasteiger partial charge >= 0.3 is 5.97 Å². The summed E-state index contributed by atoms with van der Waals surface area (Å²) in [6, 6.07) is 9.38. The number of aryl methyl sites for hydroxylation is 1. The Morgan fingerprint density at radius 2 is 1.91 bits per heavy atom. The quantitative estimate of drug-likeness (QED) is 0.816. The van der Waals surface area contributed by atoms with Crippen LogP contribution in [0, 0.1) is 0 Å². The minimum atomic E-state index is -1.07. The summed E-state index contributed by atoms with van der Waals surface area (Å²) in [4.78, 5) is 23.4. The Bertz CT molecular complexity index is 680. The normalized spacial score (nSPS) is 11.1. The van der Waals surface area contributed by atoms with E-state index in [0.717, 1.165) is 5.56 Å². The molecule has 0 saturated carbocycles. The summed E-state index contributed by atoms with van der Waals surface area (Å²) >= 11 is 0. The Labute approximate surface area is 134 Å². The van der Waals surface area contributed by atoms with Crippen molar-refractivity contribution in [2.75, 3.05) is 7.11 Å². The second kappa shape index (κ2) is 7.04. The van der Waals surface area contributed by atoms with Crippen LogP contribution in [0.15, 0.2) is 34.7 Å². The predicted molar refractivity (Wildman–Crippen MR) is 82.3 cm³/mol. The van der Waals surface area contributed by atoms with Gasteiger partial charge in [-0.3, -0.25) is 4.79 Å². The number of nitrogens with zero attached hydrogens (tertiary/aromatic N) is 2. The number of carbonyl (C=O) groups excluding carboxylic acids is 2. The molecular weight excluding hydrogens is 298 g/mol. The monoisotopic (exact) mass is 317 g/mol. The third-order valence-electron chi connectivity index (χ3n) is 3.20. The molecule has 0 radical (unpaired) electrons. The summed E-state index contributed by atoms with van der Waals surface area (Å²) < 4.78 is 10.2. The second-order valence-electron chi connectivity index (χ2n) is 5.53. The van der Waals surface area contributed by atoms with Gasteiger partial charge in [0, 0.05) is 18.4 Å². The molecule has 0 aliphatic carbocycles. The number of aromatic nitrogens is 2. The van der Waals surface area contributed by atoms with Gasteiger partial charge in [-0.2, -0.15) is 0 Å². The van der Waals surface area contributed by atoms with E-state index in [2.05, 4.69) is 20.3 Å². The number of ether oxygens (including phenoxy) is 1. The van der Waals surface area contributed by atoms with Gasteiger partial charge in [-0.1, -0.05) is 18.2 Å². The highest BCUT2D eigenvalue weighted by molar-refractivity contribution is 5.87. The van der Waals surface area contributed by atoms with Crippen LogP contribution >= 0.6 is 0 Å². The van der Waals surface area contributed by atoms with E-state index in [1.165, 1.54) is 7.11 Å². The SMILES string of the molecule is COC(=O)C(C)(C)NC(=O)CCc1nnc(-c2ccccc2)o1. The standard InChI is InChI=1S/C16H19N3O4/c1-16(2,15(21)22-3)17-12(20)9-10-13-18-19-14(23-13)11-7-5-4-6-8-11/h4-8H,9-10H2,1-3H3,(H,17,20). The molecule has 1 heterocycles. The largest absolute Gasteiger partial charge is 0.467 e. The highest BCUT2D eigenvalue weighted by Gasteiger charge is 2.30. The molecule has 122 valence electrons. The van der Waals surface area contributed by atoms with Crippen molar-refractivity contribution in [3.63, 3.8) is 0 Å². The third kappa shape index (κ3) is 4.38. The van der Waals surface area contributed by atoms with Crippen molar-refractivity contribution < 1.29 is 18.7 Å². The lowest BCUT2D eigenvalue weighted by Gasteiger charge is -2.22. The van der Waals surface area contributed by atoms with Crippen molar-refractivity contribution in [1.29, 1.82) is 0 Å². The Balaban J connectivity index is 1.90. The Morgan fingerprint density at radius 1 is 1.22 bits per heavy atom. The first-order valence-electron chi connectivity index (χ1n) is 7.19. The first-order valence-corrected chi connectivity index (χ1v) is 7.19. The number of nitrogens with one attached hydrogen (secondary N) is 1. The van der Waals surface area contributed by atoms with Gasteiger partial charge in [0.2, 0.25) is 17.7 Å². The lowest BCUT2D eigenvalue weighted by molar-refractivity contribution is -0.149. The van der Waals surface area contributed by atoms with E-state index in [1.807, 2.05) is 30.3 Å². The van der Waals surface area contributed by atoms with Gasteiger partial charge in [-0.05, 0) is 26.0 Å². The fourth-order valence-corrected chi connectivity index (χ4v) is 1.99. The molecule has 0 aliphatic rings. The summed E-state index contributed by atoms with van der Waals surface area (Å²) in [5, 5.41) is 10.5. The zero-order valence-corrected chi connectivity index (χ0v) is 13.3. The first-order chi connectivity index (χ1) is 10.9. The van der Waals surface area contributed by atoms with Gasteiger partial charge < -0.3 is 14.5 Å². The molecule has 0 fully saturated rings. The molecular formula is C16H19N3O4. The maximum Gasteiger partial charge on any atom is 0.330 e. The molecule has 0 unspecified atom stereocenters. The maximum atomic E-state index is 11.9. The van der Waals surface area contributed by atoms with E-state index in [9.17, 15) is 9.59 Å². The number of methoxy groups -OCH3 is 1. The van der Waals surface area contributed by atoms with E-state index in [1.54, 1.807) is 13.8 Å². The number of hydrogen-bond donors (Lipinski definition) is 1. The van der Waals surface area contributed by atoms with Crippen molar-refractivity contribution in [2.45, 2.75) is 32.2 Å². The number of esters is 1. The third-order valence-corrected chi connectivity index (χ3v) is 3.20. The van der Waals surface area contributed by atoms with Crippen LogP contribution in [0.4, 0.5) is 0 Å². The molecule has 0 atom stereocenters. The van der Waals surface area contributed by atoms with Crippen LogP contribution in [0.1, 0.15) is 26.2 Å². The molecule has 23 heavy (non-hydrogen) atoms. The van der Waals surface area contributed by atoms with Crippen LogP contribution in [0.3, 0.4) is 0 Å². The fourth-order valence-electron chi connectivity index (χ4n) is 1.99. The van der Waals surface area contributed by atoms with E-state index in [-0.39, 0.29) is 12.3 Å². The van der Waals surface area contributed by atoms with E-state index >= 15 is 0 Å². The molecule has 1 aromatic carbocycles. The molecule has 0 spiro atoms. The van der Waals surface area contributed by atoms with Crippen LogP contribution < -0.4 is 5.32 Å². The average molecular weight is 317 g/mol. The van der Waals surface area contributed by atoms with Crippen molar-refractivity contribution in [1.82, 2.24) is 15.5 Å². The van der Waals surface area contributed by atoms with Crippen LogP contribution in [0.25, 0.3) is 11.5 Å². The summed E-state index contributed by atoms with van der Waals surface area (Å²) in [5.74, 6) is -0.0133. The molecule has 1 N–H and O–H groups in total. The van der Waals surface area contributed by atoms with E-state index in [4.69, 9.17) is 4.42 Å². The van der Waals surface area contributed by atoms with Crippen molar-refractivity contribution in [3.05, 3.63) is 36.2 Å². The highest BCUT2D eigenvalue weighted by Crippen LogP contribution is 2.17. The van der Waals surface area contributed by atoms with Gasteiger partial charge in [0.05, 0.1) is 7.11 Å². The summed E-state index contributed by atoms with van der Waals surface area (Å²) in [7, 11) is 1.28. The lowest BCUT2D eigenvalue weighted by Crippen LogP contribution is -2.50. The molecule has 2 aromatic rings. The molecule has 1 aromatic heterocycles. The number of amides is 1. The molecule has 0 bridgehead atoms. The van der Waals surface area contributed by atoms with Crippen molar-refractivity contribution in [2.24, 2.45) is 0 Å². The number of benzene rings is 1. The topological polar surface area (TPSA) is 94.3 Å². The van der Waals surface area contributed by atoms with Gasteiger partial charge in [0.15, 0.2) is 0 Å². The Kier molecular flexibility index (Phi) is 5.10. The van der Waals surface area contributed by atoms with Crippen LogP contribution in [-0.2, 0) is 20.7 Å². The lowest BCUT2D eigenvalue weighted by atomic mass is 10.1. The Hall–Kier alpha value is -2.70. The zero-order valence-electron chi connectivity index (χ0n) is 13.3. The van der Waals surface area contributed by atoms with Crippen molar-refractivity contribution in [3.8, 4) is 11.5 Å². The number of carbonyl (C=O) groups is 2. The minimum absolute atomic E-state index is 0.136. The number of hydrogen-bond acceptors (Lipinski definition) is 6. The van der Waals surface area contributed by atoms with E-state index in [0.29, 0.717) is 18.2 Å². The van der Waals surface area contributed by atoms with Crippen LogP contribution in [-0.4, -0.2) is 34.7 Å². The maximum absolute atomic E-state index is 11.9. The fraction of sp³-hybridized carbons (Fsp3) is 0.375. The smallest absolute Gasteiger partial charge is 0.330 e. The van der Waals surface area contributed by atoms with E-state index < -0.39 is 11.5 Å². The van der Waals surface area contributed by atoms with Crippen LogP contribution in [0.2, 0.25) is 0 Å². The summed E-state index contributed by atoms with van der Waals surface area (Å²) in [5.41, 5.74) is -0.252. The number of rotatable bonds is 6. The van der Waals surface area contributed by atoms with Gasteiger partial charge in [0.25, 0.3) is 0 Å². The van der Waals surface area contributed by atoms with Crippen molar-refractivity contribution >= 4 is 11.9 Å². The minimum Gasteiger partial charge on any atom is -0.467 e. The second-order valence-corrected chi connectivity index (χ2v) is 5.53. The molecule has 0 saturated heterocycles. The summed E-state index contributed by atoms with van der Waals surface area (Å²) in [6.07, 6.45) is 0.430. The molecule has 7 nitrogen and oxygen atoms in total. The highest BCUT2D eigenvalue weighted by atomic mass is 16.5.